The Kier molecular flexibility index (Phi) is 4.21. The average Bonchev–Trinajstić information content (AvgIpc) is 3.11. The number of nitrogens with zero attached hydrogens (tertiary/aromatic N) is 3. The molecule has 1 amide bonds. The first kappa shape index (κ1) is 16.4. The van der Waals surface area contributed by atoms with Gasteiger partial charge < -0.3 is 14.6 Å². The van der Waals surface area contributed by atoms with Crippen molar-refractivity contribution in [3.63, 3.8) is 0 Å². The van der Waals surface area contributed by atoms with Gasteiger partial charge in [0.25, 0.3) is 5.91 Å². The van der Waals surface area contributed by atoms with E-state index < -0.39 is 10.0 Å². The van der Waals surface area contributed by atoms with Crippen LogP contribution in [0.25, 0.3) is 0 Å². The molecule has 0 saturated carbocycles. The number of amides is 1. The number of carbonyl (C=O) groups excluding carboxylic acids is 1. The fourth-order valence-electron chi connectivity index (χ4n) is 3.20. The van der Waals surface area contributed by atoms with Crippen LogP contribution in [0.5, 0.6) is 0 Å². The molecule has 1 aromatic rings. The van der Waals surface area contributed by atoms with Crippen LogP contribution in [0.1, 0.15) is 10.5 Å². The van der Waals surface area contributed by atoms with Crippen molar-refractivity contribution in [3.05, 3.63) is 18.0 Å². The summed E-state index contributed by atoms with van der Waals surface area (Å²) in [7, 11) is 1.52. The third kappa shape index (κ3) is 2.78. The molecule has 2 saturated heterocycles. The second-order valence-electron chi connectivity index (χ2n) is 6.03. The van der Waals surface area contributed by atoms with Crippen molar-refractivity contribution in [3.8, 4) is 0 Å². The number of carbonyl (C=O) groups is 1. The first-order valence-corrected chi connectivity index (χ1v) is 8.99. The number of morpholine rings is 1. The number of sulfonamides is 1. The molecule has 3 heterocycles. The van der Waals surface area contributed by atoms with Crippen molar-refractivity contribution in [1.82, 2.24) is 19.1 Å². The van der Waals surface area contributed by atoms with E-state index in [0.717, 1.165) is 6.54 Å². The van der Waals surface area contributed by atoms with Crippen molar-refractivity contribution < 1.29 is 17.9 Å². The minimum atomic E-state index is -3.64. The second-order valence-corrected chi connectivity index (χ2v) is 7.97. The number of hydrogen-bond donors (Lipinski definition) is 1. The first-order chi connectivity index (χ1) is 10.8. The van der Waals surface area contributed by atoms with Crippen LogP contribution in [0, 0.1) is 0 Å². The zero-order valence-electron chi connectivity index (χ0n) is 13.5. The molecule has 3 rings (SSSR count). The molecule has 1 N–H and O–H groups in total. The lowest BCUT2D eigenvalue weighted by molar-refractivity contribution is -0.0366. The molecule has 0 radical (unpaired) electrons. The lowest BCUT2D eigenvalue weighted by Gasteiger charge is -2.33. The zero-order valence-corrected chi connectivity index (χ0v) is 14.3. The van der Waals surface area contributed by atoms with Gasteiger partial charge in [-0.15, -0.1) is 0 Å². The highest BCUT2D eigenvalue weighted by Crippen LogP contribution is 2.27. The molecule has 0 spiro atoms. The van der Waals surface area contributed by atoms with Crippen LogP contribution < -0.4 is 5.32 Å². The summed E-state index contributed by atoms with van der Waals surface area (Å²) < 4.78 is 34.4. The normalized spacial score (nSPS) is 26.2. The van der Waals surface area contributed by atoms with Crippen molar-refractivity contribution in [2.75, 3.05) is 40.3 Å². The van der Waals surface area contributed by atoms with Crippen molar-refractivity contribution in [1.29, 1.82) is 0 Å². The molecule has 128 valence electrons. The number of likely N-dealkylation sites (N-methyl/N-ethyl adjacent to an activating group) is 1. The first-order valence-electron chi connectivity index (χ1n) is 7.55. The number of rotatable bonds is 3. The van der Waals surface area contributed by atoms with Crippen LogP contribution >= 0.6 is 0 Å². The van der Waals surface area contributed by atoms with E-state index in [1.54, 1.807) is 7.05 Å². The Balaban J connectivity index is 1.86. The highest BCUT2D eigenvalue weighted by Gasteiger charge is 2.43. The van der Waals surface area contributed by atoms with E-state index in [4.69, 9.17) is 4.74 Å². The van der Waals surface area contributed by atoms with Gasteiger partial charge in [-0.3, -0.25) is 9.69 Å². The smallest absolute Gasteiger partial charge is 0.267 e. The molecule has 2 fully saturated rings. The maximum atomic E-state index is 12.9. The van der Waals surface area contributed by atoms with E-state index in [1.807, 2.05) is 7.05 Å². The Morgan fingerprint density at radius 3 is 2.74 bits per heavy atom. The van der Waals surface area contributed by atoms with Gasteiger partial charge in [-0.1, -0.05) is 0 Å². The fraction of sp³-hybridized carbons (Fsp3) is 0.643. The quantitative estimate of drug-likeness (QED) is 0.769. The van der Waals surface area contributed by atoms with Gasteiger partial charge in [-0.05, 0) is 13.1 Å². The van der Waals surface area contributed by atoms with Crippen LogP contribution in [0.3, 0.4) is 0 Å². The molecule has 0 aliphatic carbocycles. The standard InChI is InChI=1S/C14H22N4O4S/c1-15-14(19)11-6-10(7-17(11)3)23(20,21)18-8-12-13(9-18)22-5-4-16(12)2/h6-7,12-13H,4-5,8-9H2,1-3H3,(H,15,19)/t12-,13+/m0/s1. The summed E-state index contributed by atoms with van der Waals surface area (Å²) in [5.41, 5.74) is 0.316. The summed E-state index contributed by atoms with van der Waals surface area (Å²) in [5.74, 6) is -0.313. The number of hydrogen-bond acceptors (Lipinski definition) is 5. The number of ether oxygens (including phenoxy) is 1. The predicted octanol–water partition coefficient (Wildman–Crippen LogP) is -0.912. The Labute approximate surface area is 136 Å². The molecule has 23 heavy (non-hydrogen) atoms. The highest BCUT2D eigenvalue weighted by atomic mass is 32.2. The van der Waals surface area contributed by atoms with Crippen LogP contribution in [0.2, 0.25) is 0 Å². The van der Waals surface area contributed by atoms with Gasteiger partial charge in [-0.2, -0.15) is 4.31 Å². The molecule has 0 aromatic carbocycles. The summed E-state index contributed by atoms with van der Waals surface area (Å²) in [6.45, 7) is 2.19. The molecule has 2 atom stereocenters. The van der Waals surface area contributed by atoms with E-state index in [2.05, 4.69) is 10.2 Å². The molecule has 9 heteroatoms. The van der Waals surface area contributed by atoms with E-state index in [1.165, 1.54) is 28.2 Å². The number of aryl methyl sites for hydroxylation is 1. The number of aromatic nitrogens is 1. The molecular formula is C14H22N4O4S. The Bertz CT molecular complexity index is 714. The average molecular weight is 342 g/mol. The van der Waals surface area contributed by atoms with Crippen LogP contribution in [0.4, 0.5) is 0 Å². The van der Waals surface area contributed by atoms with E-state index in [9.17, 15) is 13.2 Å². The van der Waals surface area contributed by atoms with Crippen LogP contribution in [0.15, 0.2) is 17.2 Å². The van der Waals surface area contributed by atoms with Gasteiger partial charge in [0.15, 0.2) is 0 Å². The Morgan fingerprint density at radius 2 is 2.09 bits per heavy atom. The number of fused-ring (bicyclic) bond motifs is 1. The summed E-state index contributed by atoms with van der Waals surface area (Å²) in [6.07, 6.45) is 1.39. The van der Waals surface area contributed by atoms with Crippen molar-refractivity contribution >= 4 is 15.9 Å². The number of nitrogens with one attached hydrogen (secondary N) is 1. The minimum absolute atomic E-state index is 0.0839. The van der Waals surface area contributed by atoms with E-state index in [0.29, 0.717) is 25.4 Å². The van der Waals surface area contributed by atoms with Crippen LogP contribution in [-0.2, 0) is 21.8 Å². The van der Waals surface area contributed by atoms with Gasteiger partial charge >= 0.3 is 0 Å². The molecular weight excluding hydrogens is 320 g/mol. The summed E-state index contributed by atoms with van der Waals surface area (Å²) in [5, 5.41) is 2.51. The van der Waals surface area contributed by atoms with E-state index in [-0.39, 0.29) is 22.9 Å². The summed E-state index contributed by atoms with van der Waals surface area (Å²) in [4.78, 5) is 14.1. The lowest BCUT2D eigenvalue weighted by atomic mass is 10.1. The molecule has 0 unspecified atom stereocenters. The SMILES string of the molecule is CNC(=O)c1cc(S(=O)(=O)N2C[C@H]3OCCN(C)[C@H]3C2)cn1C. The Morgan fingerprint density at radius 1 is 1.35 bits per heavy atom. The maximum absolute atomic E-state index is 12.9. The molecule has 2 aliphatic heterocycles. The largest absolute Gasteiger partial charge is 0.374 e. The van der Waals surface area contributed by atoms with Gasteiger partial charge in [0, 0.05) is 39.9 Å². The maximum Gasteiger partial charge on any atom is 0.267 e. The third-order valence-electron chi connectivity index (χ3n) is 4.62. The highest BCUT2D eigenvalue weighted by molar-refractivity contribution is 7.89. The van der Waals surface area contributed by atoms with Gasteiger partial charge in [0.05, 0.1) is 18.8 Å². The zero-order chi connectivity index (χ0) is 16.8. The van der Waals surface area contributed by atoms with Crippen molar-refractivity contribution in [2.24, 2.45) is 7.05 Å². The Hall–Kier alpha value is -1.42. The van der Waals surface area contributed by atoms with Crippen molar-refractivity contribution in [2.45, 2.75) is 17.0 Å². The fourth-order valence-corrected chi connectivity index (χ4v) is 4.74. The lowest BCUT2D eigenvalue weighted by Crippen LogP contribution is -2.48. The second kappa shape index (κ2) is 5.90. The molecule has 0 bridgehead atoms. The van der Waals surface area contributed by atoms with Crippen LogP contribution in [-0.4, -0.2) is 80.6 Å². The van der Waals surface area contributed by atoms with E-state index >= 15 is 0 Å². The van der Waals surface area contributed by atoms with Gasteiger partial charge in [0.2, 0.25) is 10.0 Å². The third-order valence-corrected chi connectivity index (χ3v) is 6.42. The molecule has 2 aliphatic rings. The minimum Gasteiger partial charge on any atom is -0.374 e. The monoisotopic (exact) mass is 342 g/mol. The summed E-state index contributed by atoms with van der Waals surface area (Å²) in [6, 6.07) is 1.50. The molecule has 1 aromatic heterocycles. The topological polar surface area (TPSA) is 83.9 Å². The predicted molar refractivity (Wildman–Crippen MR) is 83.7 cm³/mol. The summed E-state index contributed by atoms with van der Waals surface area (Å²) >= 11 is 0. The van der Waals surface area contributed by atoms with Gasteiger partial charge in [0.1, 0.15) is 10.6 Å². The molecule has 8 nitrogen and oxygen atoms in total. The van der Waals surface area contributed by atoms with Gasteiger partial charge in [-0.25, -0.2) is 8.42 Å².